The number of aryl methyl sites for hydroxylation is 2. The SMILES string of the molecule is CCc1cccc(CCCSCCN)c1O. The summed E-state index contributed by atoms with van der Waals surface area (Å²) in [6.45, 7) is 2.82. The van der Waals surface area contributed by atoms with Crippen molar-refractivity contribution in [2.45, 2.75) is 26.2 Å². The Bertz CT molecular complexity index is 315. The van der Waals surface area contributed by atoms with Crippen LogP contribution in [0.2, 0.25) is 0 Å². The third kappa shape index (κ3) is 4.06. The topological polar surface area (TPSA) is 46.2 Å². The van der Waals surface area contributed by atoms with Crippen molar-refractivity contribution >= 4 is 11.8 Å². The molecule has 1 rings (SSSR count). The Balaban J connectivity index is 2.41. The third-order valence-corrected chi connectivity index (χ3v) is 3.68. The molecule has 0 aliphatic rings. The van der Waals surface area contributed by atoms with Crippen LogP contribution >= 0.6 is 11.8 Å². The molecule has 0 amide bonds. The van der Waals surface area contributed by atoms with Crippen molar-refractivity contribution in [2.75, 3.05) is 18.1 Å². The number of benzene rings is 1. The van der Waals surface area contributed by atoms with E-state index in [9.17, 15) is 5.11 Å². The van der Waals surface area contributed by atoms with Gasteiger partial charge in [-0.3, -0.25) is 0 Å². The Hall–Kier alpha value is -0.670. The van der Waals surface area contributed by atoms with E-state index in [0.29, 0.717) is 5.75 Å². The molecule has 0 radical (unpaired) electrons. The van der Waals surface area contributed by atoms with E-state index in [0.717, 1.165) is 48.4 Å². The molecule has 0 saturated heterocycles. The predicted molar refractivity (Wildman–Crippen MR) is 72.2 cm³/mol. The number of para-hydroxylation sites is 1. The second-order valence-corrected chi connectivity index (χ2v) is 5.01. The summed E-state index contributed by atoms with van der Waals surface area (Å²) in [6, 6.07) is 6.03. The van der Waals surface area contributed by atoms with Crippen molar-refractivity contribution in [3.8, 4) is 5.75 Å². The van der Waals surface area contributed by atoms with Gasteiger partial charge in [0.15, 0.2) is 0 Å². The highest BCUT2D eigenvalue weighted by Crippen LogP contribution is 2.24. The lowest BCUT2D eigenvalue weighted by Crippen LogP contribution is -2.02. The third-order valence-electron chi connectivity index (χ3n) is 2.58. The van der Waals surface area contributed by atoms with E-state index in [1.54, 1.807) is 0 Å². The Morgan fingerprint density at radius 1 is 1.25 bits per heavy atom. The minimum atomic E-state index is 0.494. The molecule has 1 aromatic rings. The Kier molecular flexibility index (Phi) is 6.34. The lowest BCUT2D eigenvalue weighted by molar-refractivity contribution is 0.461. The summed E-state index contributed by atoms with van der Waals surface area (Å²) in [5.41, 5.74) is 7.55. The molecule has 90 valence electrons. The molecule has 0 spiro atoms. The highest BCUT2D eigenvalue weighted by atomic mass is 32.2. The van der Waals surface area contributed by atoms with E-state index < -0.39 is 0 Å². The number of rotatable bonds is 7. The van der Waals surface area contributed by atoms with Gasteiger partial charge in [0.1, 0.15) is 5.75 Å². The van der Waals surface area contributed by atoms with Crippen molar-refractivity contribution in [1.82, 2.24) is 0 Å². The van der Waals surface area contributed by atoms with Gasteiger partial charge in [-0.2, -0.15) is 11.8 Å². The maximum atomic E-state index is 9.96. The van der Waals surface area contributed by atoms with Gasteiger partial charge in [-0.15, -0.1) is 0 Å². The molecule has 0 atom stereocenters. The van der Waals surface area contributed by atoms with Gasteiger partial charge in [0.2, 0.25) is 0 Å². The first-order chi connectivity index (χ1) is 7.79. The van der Waals surface area contributed by atoms with Gasteiger partial charge in [0.25, 0.3) is 0 Å². The highest BCUT2D eigenvalue weighted by molar-refractivity contribution is 7.99. The second-order valence-electron chi connectivity index (χ2n) is 3.78. The Labute approximate surface area is 102 Å². The standard InChI is InChI=1S/C13H21NOS/c1-2-11-5-3-6-12(13(11)15)7-4-9-16-10-8-14/h3,5-6,15H,2,4,7-10,14H2,1H3. The molecule has 0 heterocycles. The number of hydrogen-bond donors (Lipinski definition) is 2. The van der Waals surface area contributed by atoms with Crippen LogP contribution in [0, 0.1) is 0 Å². The smallest absolute Gasteiger partial charge is 0.121 e. The maximum absolute atomic E-state index is 9.96. The fourth-order valence-corrected chi connectivity index (χ4v) is 2.40. The van der Waals surface area contributed by atoms with Crippen LogP contribution in [0.4, 0.5) is 0 Å². The number of thioether (sulfide) groups is 1. The van der Waals surface area contributed by atoms with Crippen LogP contribution in [0.1, 0.15) is 24.5 Å². The molecule has 0 fully saturated rings. The predicted octanol–water partition coefficient (Wildman–Crippen LogP) is 2.58. The summed E-state index contributed by atoms with van der Waals surface area (Å²) in [5.74, 6) is 2.64. The van der Waals surface area contributed by atoms with E-state index in [4.69, 9.17) is 5.73 Å². The number of hydrogen-bond acceptors (Lipinski definition) is 3. The molecule has 0 aromatic heterocycles. The van der Waals surface area contributed by atoms with Crippen molar-refractivity contribution in [3.63, 3.8) is 0 Å². The Morgan fingerprint density at radius 2 is 2.00 bits per heavy atom. The van der Waals surface area contributed by atoms with Gasteiger partial charge in [-0.25, -0.2) is 0 Å². The van der Waals surface area contributed by atoms with Crippen molar-refractivity contribution in [3.05, 3.63) is 29.3 Å². The second kappa shape index (κ2) is 7.58. The largest absolute Gasteiger partial charge is 0.507 e. The molecule has 1 aromatic carbocycles. The number of phenols is 1. The molecular formula is C13H21NOS. The fraction of sp³-hybridized carbons (Fsp3) is 0.538. The van der Waals surface area contributed by atoms with E-state index in [-0.39, 0.29) is 0 Å². The van der Waals surface area contributed by atoms with E-state index >= 15 is 0 Å². The average molecular weight is 239 g/mol. The van der Waals surface area contributed by atoms with E-state index in [1.165, 1.54) is 0 Å². The summed E-state index contributed by atoms with van der Waals surface area (Å²) in [5, 5.41) is 9.96. The minimum absolute atomic E-state index is 0.494. The molecular weight excluding hydrogens is 218 g/mol. The molecule has 3 heteroatoms. The van der Waals surface area contributed by atoms with Crippen molar-refractivity contribution in [2.24, 2.45) is 5.73 Å². The summed E-state index contributed by atoms with van der Waals surface area (Å²) in [4.78, 5) is 0. The highest BCUT2D eigenvalue weighted by Gasteiger charge is 2.04. The fourth-order valence-electron chi connectivity index (χ4n) is 1.68. The zero-order valence-electron chi connectivity index (χ0n) is 9.91. The molecule has 0 unspecified atom stereocenters. The number of aromatic hydroxyl groups is 1. The average Bonchev–Trinajstić information content (AvgIpc) is 2.31. The summed E-state index contributed by atoms with van der Waals surface area (Å²) in [6.07, 6.45) is 2.95. The Morgan fingerprint density at radius 3 is 2.69 bits per heavy atom. The first-order valence-electron chi connectivity index (χ1n) is 5.87. The maximum Gasteiger partial charge on any atom is 0.121 e. The molecule has 0 aliphatic heterocycles. The summed E-state index contributed by atoms with van der Waals surface area (Å²) in [7, 11) is 0. The van der Waals surface area contributed by atoms with Gasteiger partial charge < -0.3 is 10.8 Å². The monoisotopic (exact) mass is 239 g/mol. The van der Waals surface area contributed by atoms with Gasteiger partial charge in [-0.1, -0.05) is 25.1 Å². The van der Waals surface area contributed by atoms with E-state index in [2.05, 4.69) is 6.92 Å². The van der Waals surface area contributed by atoms with Gasteiger partial charge in [0.05, 0.1) is 0 Å². The number of nitrogens with two attached hydrogens (primary N) is 1. The zero-order valence-corrected chi connectivity index (χ0v) is 10.7. The zero-order chi connectivity index (χ0) is 11.8. The molecule has 2 nitrogen and oxygen atoms in total. The van der Waals surface area contributed by atoms with Crippen molar-refractivity contribution in [1.29, 1.82) is 0 Å². The van der Waals surface area contributed by atoms with Crippen LogP contribution in [0.3, 0.4) is 0 Å². The lowest BCUT2D eigenvalue weighted by Gasteiger charge is -2.08. The molecule has 16 heavy (non-hydrogen) atoms. The normalized spacial score (nSPS) is 10.6. The van der Waals surface area contributed by atoms with E-state index in [1.807, 2.05) is 30.0 Å². The van der Waals surface area contributed by atoms with Gasteiger partial charge in [0, 0.05) is 12.3 Å². The number of phenolic OH excluding ortho intramolecular Hbond substituents is 1. The van der Waals surface area contributed by atoms with Crippen LogP contribution in [0.15, 0.2) is 18.2 Å². The summed E-state index contributed by atoms with van der Waals surface area (Å²) >= 11 is 1.88. The van der Waals surface area contributed by atoms with Crippen LogP contribution in [-0.2, 0) is 12.8 Å². The lowest BCUT2D eigenvalue weighted by atomic mass is 10.0. The molecule has 0 saturated carbocycles. The van der Waals surface area contributed by atoms with Crippen LogP contribution in [0.25, 0.3) is 0 Å². The minimum Gasteiger partial charge on any atom is -0.507 e. The molecule has 0 bridgehead atoms. The summed E-state index contributed by atoms with van der Waals surface area (Å²) < 4.78 is 0. The van der Waals surface area contributed by atoms with Gasteiger partial charge in [-0.05, 0) is 36.1 Å². The van der Waals surface area contributed by atoms with Gasteiger partial charge >= 0.3 is 0 Å². The first-order valence-corrected chi connectivity index (χ1v) is 7.02. The first kappa shape index (κ1) is 13.4. The quantitative estimate of drug-likeness (QED) is 0.719. The van der Waals surface area contributed by atoms with Crippen LogP contribution < -0.4 is 5.73 Å². The van der Waals surface area contributed by atoms with Crippen molar-refractivity contribution < 1.29 is 5.11 Å². The molecule has 0 aliphatic carbocycles. The van der Waals surface area contributed by atoms with Crippen LogP contribution in [0.5, 0.6) is 5.75 Å². The molecule has 3 N–H and O–H groups in total. The van der Waals surface area contributed by atoms with Crippen LogP contribution in [-0.4, -0.2) is 23.2 Å².